The summed E-state index contributed by atoms with van der Waals surface area (Å²) in [7, 11) is 0. The van der Waals surface area contributed by atoms with Crippen LogP contribution in [0.15, 0.2) is 11.1 Å². The third-order valence-electron chi connectivity index (χ3n) is 12.7. The van der Waals surface area contributed by atoms with Crippen molar-refractivity contribution in [3.8, 4) is 0 Å². The average molecular weight is 503 g/mol. The Bertz CT molecular complexity index is 1130. The predicted molar refractivity (Wildman–Crippen MR) is 126 cm³/mol. The van der Waals surface area contributed by atoms with Crippen LogP contribution in [0.1, 0.15) is 79.6 Å². The molecule has 36 heavy (non-hydrogen) atoms. The smallest absolute Gasteiger partial charge is 0.334 e. The first-order valence-corrected chi connectivity index (χ1v) is 13.6. The van der Waals surface area contributed by atoms with Crippen LogP contribution in [0, 0.1) is 22.7 Å². The van der Waals surface area contributed by atoms with Crippen LogP contribution in [-0.2, 0) is 23.8 Å². The van der Waals surface area contributed by atoms with Gasteiger partial charge in [0.2, 0.25) is 0 Å². The zero-order valence-corrected chi connectivity index (χ0v) is 21.8. The molecule has 8 heteroatoms. The number of carbonyl (C=O) groups excluding carboxylic acids is 2. The molecule has 198 valence electrons. The SMILES string of the molecule is CC1=C(C)C(=O)OC(C(C)(O)C2(O)CCC3(O)C4CC5OC56CC5OC5C(=O)C6(C)C4CCC32C)C1. The molecule has 0 amide bonds. The van der Waals surface area contributed by atoms with Crippen molar-refractivity contribution in [2.24, 2.45) is 22.7 Å². The Morgan fingerprint density at radius 2 is 1.78 bits per heavy atom. The van der Waals surface area contributed by atoms with E-state index in [2.05, 4.69) is 0 Å². The number of cyclic esters (lactones) is 1. The van der Waals surface area contributed by atoms with E-state index in [-0.39, 0.29) is 42.4 Å². The lowest BCUT2D eigenvalue weighted by Gasteiger charge is -2.63. The molecule has 1 spiro atoms. The van der Waals surface area contributed by atoms with Crippen LogP contribution in [0.2, 0.25) is 0 Å². The van der Waals surface area contributed by atoms with Gasteiger partial charge in [0, 0.05) is 23.8 Å². The van der Waals surface area contributed by atoms with Gasteiger partial charge in [-0.15, -0.1) is 0 Å². The number of Topliss-reactive ketones (excluding diaryl/α,β-unsaturated/α-hetero) is 1. The first-order chi connectivity index (χ1) is 16.7. The maximum atomic E-state index is 13.6. The number of ketones is 1. The normalized spacial score (nSPS) is 58.6. The van der Waals surface area contributed by atoms with Crippen molar-refractivity contribution in [1.29, 1.82) is 0 Å². The Labute approximate surface area is 211 Å². The summed E-state index contributed by atoms with van der Waals surface area (Å²) >= 11 is 0. The van der Waals surface area contributed by atoms with Gasteiger partial charge in [0.1, 0.15) is 29.0 Å². The Morgan fingerprint density at radius 3 is 2.47 bits per heavy atom. The van der Waals surface area contributed by atoms with Crippen LogP contribution in [0.5, 0.6) is 0 Å². The van der Waals surface area contributed by atoms with Gasteiger partial charge in [-0.05, 0) is 71.6 Å². The molecule has 2 saturated heterocycles. The van der Waals surface area contributed by atoms with Gasteiger partial charge in [0.05, 0.1) is 23.2 Å². The van der Waals surface area contributed by atoms with Gasteiger partial charge in [0.15, 0.2) is 5.78 Å². The van der Waals surface area contributed by atoms with E-state index >= 15 is 0 Å². The first-order valence-electron chi connectivity index (χ1n) is 13.6. The fraction of sp³-hybridized carbons (Fsp3) is 0.857. The monoisotopic (exact) mass is 502 g/mol. The second-order valence-electron chi connectivity index (χ2n) is 13.6. The van der Waals surface area contributed by atoms with Crippen LogP contribution < -0.4 is 0 Å². The van der Waals surface area contributed by atoms with Crippen LogP contribution in [-0.4, -0.2) is 73.9 Å². The van der Waals surface area contributed by atoms with Gasteiger partial charge < -0.3 is 29.5 Å². The molecule has 7 aliphatic rings. The fourth-order valence-corrected chi connectivity index (χ4v) is 9.95. The molecule has 12 atom stereocenters. The average Bonchev–Trinajstić information content (AvgIpc) is 3.72. The molecule has 7 rings (SSSR count). The molecular weight excluding hydrogens is 464 g/mol. The molecule has 0 radical (unpaired) electrons. The Hall–Kier alpha value is -1.32. The molecule has 8 nitrogen and oxygen atoms in total. The lowest BCUT2D eigenvalue weighted by atomic mass is 9.42. The van der Waals surface area contributed by atoms with Crippen molar-refractivity contribution in [3.05, 3.63) is 11.1 Å². The van der Waals surface area contributed by atoms with E-state index in [0.717, 1.165) is 12.0 Å². The highest BCUT2D eigenvalue weighted by Crippen LogP contribution is 2.76. The van der Waals surface area contributed by atoms with Crippen molar-refractivity contribution in [2.45, 2.75) is 126 Å². The number of esters is 1. The molecule has 12 unspecified atom stereocenters. The maximum absolute atomic E-state index is 13.6. The second-order valence-corrected chi connectivity index (χ2v) is 13.6. The maximum Gasteiger partial charge on any atom is 0.334 e. The lowest BCUT2D eigenvalue weighted by molar-refractivity contribution is -0.282. The van der Waals surface area contributed by atoms with Crippen LogP contribution in [0.3, 0.4) is 0 Å². The lowest BCUT2D eigenvalue weighted by Crippen LogP contribution is -2.73. The Morgan fingerprint density at radius 1 is 1.06 bits per heavy atom. The third kappa shape index (κ3) is 2.29. The van der Waals surface area contributed by atoms with E-state index in [1.54, 1.807) is 13.8 Å². The molecule has 0 aromatic heterocycles. The third-order valence-corrected chi connectivity index (χ3v) is 12.7. The summed E-state index contributed by atoms with van der Waals surface area (Å²) in [5, 5.41) is 36.8. The van der Waals surface area contributed by atoms with Crippen molar-refractivity contribution in [3.63, 3.8) is 0 Å². The van der Waals surface area contributed by atoms with E-state index in [4.69, 9.17) is 14.2 Å². The summed E-state index contributed by atoms with van der Waals surface area (Å²) in [6.07, 6.45) is 1.88. The largest absolute Gasteiger partial charge is 0.455 e. The molecule has 3 aliphatic heterocycles. The summed E-state index contributed by atoms with van der Waals surface area (Å²) in [6.45, 7) is 9.00. The topological polar surface area (TPSA) is 129 Å². The minimum Gasteiger partial charge on any atom is -0.455 e. The molecule has 3 heterocycles. The number of carbonyl (C=O) groups is 2. The predicted octanol–water partition coefficient (Wildman–Crippen LogP) is 1.97. The van der Waals surface area contributed by atoms with E-state index in [1.165, 1.54) is 0 Å². The zero-order chi connectivity index (χ0) is 25.8. The molecule has 6 fully saturated rings. The summed E-state index contributed by atoms with van der Waals surface area (Å²) in [5.74, 6) is -0.702. The molecule has 0 aromatic rings. The van der Waals surface area contributed by atoms with Crippen molar-refractivity contribution >= 4 is 11.8 Å². The van der Waals surface area contributed by atoms with Gasteiger partial charge in [-0.2, -0.15) is 0 Å². The Balaban J connectivity index is 1.26. The number of ether oxygens (including phenoxy) is 3. The van der Waals surface area contributed by atoms with Gasteiger partial charge in [-0.25, -0.2) is 4.79 Å². The van der Waals surface area contributed by atoms with E-state index in [9.17, 15) is 24.9 Å². The van der Waals surface area contributed by atoms with Gasteiger partial charge >= 0.3 is 5.97 Å². The molecule has 4 aliphatic carbocycles. The van der Waals surface area contributed by atoms with Crippen LogP contribution in [0.25, 0.3) is 0 Å². The number of rotatable bonds is 2. The highest BCUT2D eigenvalue weighted by Gasteiger charge is 2.85. The summed E-state index contributed by atoms with van der Waals surface area (Å²) in [6, 6.07) is 0. The van der Waals surface area contributed by atoms with Gasteiger partial charge in [-0.3, -0.25) is 4.79 Å². The summed E-state index contributed by atoms with van der Waals surface area (Å²) < 4.78 is 17.7. The number of aliphatic hydroxyl groups is 3. The molecule has 0 bridgehead atoms. The number of hydrogen-bond donors (Lipinski definition) is 3. The van der Waals surface area contributed by atoms with Crippen LogP contribution in [0.4, 0.5) is 0 Å². The Kier molecular flexibility index (Phi) is 4.26. The van der Waals surface area contributed by atoms with Crippen molar-refractivity contribution in [2.75, 3.05) is 0 Å². The van der Waals surface area contributed by atoms with Crippen LogP contribution >= 0.6 is 0 Å². The number of fused-ring (bicyclic) bond motifs is 5. The summed E-state index contributed by atoms with van der Waals surface area (Å²) in [5.41, 5.74) is -5.66. The highest BCUT2D eigenvalue weighted by molar-refractivity contribution is 5.95. The molecule has 0 aromatic carbocycles. The molecule has 4 saturated carbocycles. The van der Waals surface area contributed by atoms with Gasteiger partial charge in [-0.1, -0.05) is 12.5 Å². The molecule has 3 N–H and O–H groups in total. The first kappa shape index (κ1) is 23.8. The highest BCUT2D eigenvalue weighted by atomic mass is 16.6. The van der Waals surface area contributed by atoms with Crippen molar-refractivity contribution < 1.29 is 39.1 Å². The van der Waals surface area contributed by atoms with E-state index in [1.807, 2.05) is 20.8 Å². The number of epoxide rings is 2. The van der Waals surface area contributed by atoms with Crippen molar-refractivity contribution in [1.82, 2.24) is 0 Å². The van der Waals surface area contributed by atoms with E-state index < -0.39 is 45.3 Å². The number of hydrogen-bond acceptors (Lipinski definition) is 8. The minimum atomic E-state index is -1.77. The molecular formula is C28H38O8. The minimum absolute atomic E-state index is 0.0323. The van der Waals surface area contributed by atoms with Gasteiger partial charge in [0.25, 0.3) is 0 Å². The van der Waals surface area contributed by atoms with E-state index in [0.29, 0.717) is 37.7 Å². The summed E-state index contributed by atoms with van der Waals surface area (Å²) in [4.78, 5) is 26.1. The second kappa shape index (κ2) is 6.45. The standard InChI is InChI=1S/C28H38O8/c1-13-10-18(35-22(30)14(13)2)25(5,31)28(33)9-8-26(32)16-11-19-27(36-19)12-17-20(34-17)21(29)24(27,4)15(16)6-7-23(26,28)3/h15-20,31-33H,6-12H2,1-5H3. The fourth-order valence-electron chi connectivity index (χ4n) is 9.95. The quantitative estimate of drug-likeness (QED) is 0.386. The zero-order valence-electron chi connectivity index (χ0n) is 21.8.